The molecule has 0 atom stereocenters. The van der Waals surface area contributed by atoms with E-state index in [1.54, 1.807) is 48.5 Å². The molecule has 0 saturated heterocycles. The minimum atomic E-state index is -3.51. The van der Waals surface area contributed by atoms with Crippen LogP contribution in [0.2, 0.25) is 0 Å². The largest absolute Gasteiger partial charge is 0.224 e. The number of benzene rings is 13. The summed E-state index contributed by atoms with van der Waals surface area (Å²) in [7, 11) is -7.40. The van der Waals surface area contributed by atoms with Crippen molar-refractivity contribution in [3.63, 3.8) is 0 Å². The molecule has 0 spiro atoms. The van der Waals surface area contributed by atoms with E-state index in [4.69, 9.17) is 0 Å². The van der Waals surface area contributed by atoms with Crippen molar-refractivity contribution >= 4 is 84.7 Å². The fraction of sp³-hybridized carbons (Fsp3) is 0.0137. The summed E-state index contributed by atoms with van der Waals surface area (Å²) >= 11 is 0. The van der Waals surface area contributed by atoms with E-state index < -0.39 is 19.7 Å². The first-order valence-corrected chi connectivity index (χ1v) is 33.7. The molecule has 13 aromatic rings. The van der Waals surface area contributed by atoms with Gasteiger partial charge in [-0.2, -0.15) is 0 Å². The molecule has 0 aliphatic heterocycles. The maximum Gasteiger partial charge on any atom is 0.206 e. The van der Waals surface area contributed by atoms with Gasteiger partial charge in [0.05, 0.1) is 47.4 Å². The quantitative estimate of drug-likeness (QED) is 0.114. The Labute approximate surface area is 490 Å². The van der Waals surface area contributed by atoms with Crippen molar-refractivity contribution in [2.24, 2.45) is 0 Å². The van der Waals surface area contributed by atoms with Gasteiger partial charge < -0.3 is 0 Å². The van der Waals surface area contributed by atoms with Crippen molar-refractivity contribution in [3.05, 3.63) is 328 Å². The fourth-order valence-corrected chi connectivity index (χ4v) is 17.9. The summed E-state index contributed by atoms with van der Waals surface area (Å²) in [5.41, 5.74) is 0. The van der Waals surface area contributed by atoms with Gasteiger partial charge in [0.25, 0.3) is 0 Å². The van der Waals surface area contributed by atoms with Crippen molar-refractivity contribution in [1.29, 1.82) is 0 Å². The van der Waals surface area contributed by atoms with Crippen molar-refractivity contribution in [3.8, 4) is 0 Å². The molecule has 0 heterocycles. The van der Waals surface area contributed by atoms with Crippen molar-refractivity contribution < 1.29 is 16.8 Å². The van der Waals surface area contributed by atoms with Gasteiger partial charge in [0, 0.05) is 24.5 Å². The van der Waals surface area contributed by atoms with Crippen LogP contribution in [0, 0.1) is 0 Å². The van der Waals surface area contributed by atoms with Crippen LogP contribution >= 0.6 is 0 Å². The molecule has 0 amide bonds. The molecule has 13 rings (SSSR count). The molecule has 82 heavy (non-hydrogen) atoms. The molecular formula is C73H57O4S5+3. The van der Waals surface area contributed by atoms with Crippen molar-refractivity contribution in [1.82, 2.24) is 0 Å². The second-order valence-corrected chi connectivity index (χ2v) is 29.3. The molecule has 0 aromatic heterocycles. The summed E-state index contributed by atoms with van der Waals surface area (Å²) in [5.74, 6) is 0. The SMILES string of the molecule is CS(=O)(=O)c1ccc([S+](c2ccccc2)c2ccccc2)cc1.O=S(=O)(c1ccccc1)c1ccc([S+](c2ccccc2)c2ccccc2)cc1.c1ccc2cc([S+](c3ccc4ccccc4c3)c3ccc4ccccc4c3)ccc2c1. The summed E-state index contributed by atoms with van der Waals surface area (Å²) in [6, 6.07) is 111. The number of sulfone groups is 2. The zero-order valence-corrected chi connectivity index (χ0v) is 48.9. The summed E-state index contributed by atoms with van der Waals surface area (Å²) in [6.45, 7) is 0. The highest BCUT2D eigenvalue weighted by atomic mass is 32.2. The van der Waals surface area contributed by atoms with Gasteiger partial charge in [0.2, 0.25) is 9.84 Å². The lowest BCUT2D eigenvalue weighted by atomic mass is 10.1. The van der Waals surface area contributed by atoms with Crippen molar-refractivity contribution in [2.75, 3.05) is 6.26 Å². The fourth-order valence-electron chi connectivity index (χ4n) is 9.65. The topological polar surface area (TPSA) is 68.3 Å². The molecule has 0 aliphatic carbocycles. The second kappa shape index (κ2) is 25.6. The Morgan fingerprint density at radius 2 is 0.427 bits per heavy atom. The Morgan fingerprint density at radius 1 is 0.207 bits per heavy atom. The number of fused-ring (bicyclic) bond motifs is 3. The van der Waals surface area contributed by atoms with E-state index in [1.165, 1.54) is 72.8 Å². The third-order valence-electron chi connectivity index (χ3n) is 13.7. The van der Waals surface area contributed by atoms with E-state index in [9.17, 15) is 16.8 Å². The average Bonchev–Trinajstić information content (AvgIpc) is 3.63. The Balaban J connectivity index is 0.000000131. The molecule has 13 aromatic carbocycles. The maximum absolute atomic E-state index is 12.9. The minimum absolute atomic E-state index is 0.183. The molecule has 9 heteroatoms. The standard InChI is InChI=1S/C30H21S.C24H19O2S2.C19H17O2S2/c1-4-10-25-19-28(16-13-22(25)7-1)31(29-17-14-23-8-2-5-11-26(23)20-29)30-18-15-24-9-3-6-12-27(24)21-30;25-28(26,23-14-8-3-9-15-23)24-18-16-22(17-19-24)27(20-10-4-1-5-11-20)21-12-6-2-7-13-21;1-23(20,21)19-14-12-18(13-15-19)22(16-8-4-2-5-9-16)17-10-6-3-7-11-17/h1-21H;1-19H;2-15H,1H3/q3*+1. The first-order chi connectivity index (χ1) is 40.1. The van der Waals surface area contributed by atoms with Gasteiger partial charge in [-0.05, 0) is 178 Å². The molecule has 4 nitrogen and oxygen atoms in total. The molecule has 0 N–H and O–H groups in total. The Kier molecular flexibility index (Phi) is 17.3. The van der Waals surface area contributed by atoms with E-state index in [1.807, 2.05) is 103 Å². The normalized spacial score (nSPS) is 11.5. The lowest BCUT2D eigenvalue weighted by Crippen LogP contribution is -2.06. The van der Waals surface area contributed by atoms with Crippen LogP contribution in [0.4, 0.5) is 0 Å². The van der Waals surface area contributed by atoms with Gasteiger partial charge >= 0.3 is 0 Å². The van der Waals surface area contributed by atoms with Crippen LogP contribution in [0.1, 0.15) is 0 Å². The summed E-state index contributed by atoms with van der Waals surface area (Å²) in [5, 5.41) is 7.72. The van der Waals surface area contributed by atoms with Crippen LogP contribution in [0.5, 0.6) is 0 Å². The van der Waals surface area contributed by atoms with Gasteiger partial charge in [-0.25, -0.2) is 16.8 Å². The number of hydrogen-bond donors (Lipinski definition) is 0. The third kappa shape index (κ3) is 13.0. The van der Waals surface area contributed by atoms with Crippen LogP contribution in [0.3, 0.4) is 0 Å². The number of rotatable bonds is 12. The third-order valence-corrected chi connectivity index (χ3v) is 23.2. The molecule has 400 valence electrons. The maximum atomic E-state index is 12.9. The van der Waals surface area contributed by atoms with E-state index in [0.29, 0.717) is 14.7 Å². The highest BCUT2D eigenvalue weighted by Crippen LogP contribution is 2.37. The average molecular weight is 1160 g/mol. The Bertz CT molecular complexity index is 4210. The Morgan fingerprint density at radius 3 is 0.732 bits per heavy atom. The van der Waals surface area contributed by atoms with Crippen LogP contribution in [-0.4, -0.2) is 23.1 Å². The molecule has 0 fully saturated rings. The first-order valence-electron chi connectivity index (χ1n) is 26.7. The monoisotopic (exact) mass is 1160 g/mol. The van der Waals surface area contributed by atoms with Crippen LogP contribution in [0.25, 0.3) is 32.3 Å². The second-order valence-electron chi connectivity index (χ2n) is 19.2. The number of hydrogen-bond acceptors (Lipinski definition) is 4. The Hall–Kier alpha value is -8.41. The van der Waals surface area contributed by atoms with E-state index in [-0.39, 0.29) is 32.7 Å². The molecule has 0 aliphatic rings. The smallest absolute Gasteiger partial charge is 0.206 e. The molecule has 0 radical (unpaired) electrons. The summed E-state index contributed by atoms with van der Waals surface area (Å²) in [6.07, 6.45) is 1.23. The van der Waals surface area contributed by atoms with Crippen LogP contribution in [-0.2, 0) is 52.4 Å². The minimum Gasteiger partial charge on any atom is -0.224 e. The zero-order valence-electron chi connectivity index (χ0n) is 44.9. The van der Waals surface area contributed by atoms with Gasteiger partial charge in [0.1, 0.15) is 0 Å². The van der Waals surface area contributed by atoms with E-state index >= 15 is 0 Å². The van der Waals surface area contributed by atoms with Gasteiger partial charge in [-0.15, -0.1) is 0 Å². The van der Waals surface area contributed by atoms with Crippen LogP contribution in [0.15, 0.2) is 386 Å². The highest BCUT2D eigenvalue weighted by molar-refractivity contribution is 7.97. The van der Waals surface area contributed by atoms with Gasteiger partial charge in [-0.1, -0.05) is 164 Å². The zero-order chi connectivity index (χ0) is 56.3. The molecule has 0 bridgehead atoms. The van der Waals surface area contributed by atoms with E-state index in [2.05, 4.69) is 176 Å². The lowest BCUT2D eigenvalue weighted by molar-refractivity contribution is 0.595. The summed E-state index contributed by atoms with van der Waals surface area (Å²) < 4.78 is 49.0. The van der Waals surface area contributed by atoms with Crippen molar-refractivity contribution in [2.45, 2.75) is 58.7 Å². The summed E-state index contributed by atoms with van der Waals surface area (Å²) in [4.78, 5) is 12.1. The molecule has 0 saturated carbocycles. The van der Waals surface area contributed by atoms with E-state index in [0.717, 1.165) is 9.79 Å². The first kappa shape index (κ1) is 55.5. The van der Waals surface area contributed by atoms with Gasteiger partial charge in [0.15, 0.2) is 53.9 Å². The lowest BCUT2D eigenvalue weighted by Gasteiger charge is -2.11. The molecule has 0 unspecified atom stereocenters. The van der Waals surface area contributed by atoms with Gasteiger partial charge in [-0.3, -0.25) is 0 Å². The predicted molar refractivity (Wildman–Crippen MR) is 342 cm³/mol. The highest BCUT2D eigenvalue weighted by Gasteiger charge is 2.32. The van der Waals surface area contributed by atoms with Crippen LogP contribution < -0.4 is 0 Å². The predicted octanol–water partition coefficient (Wildman–Crippen LogP) is 18.0. The molecular weight excluding hydrogens is 1100 g/mol.